The molecule has 1 aliphatic rings. The second kappa shape index (κ2) is 6.62. The molecule has 1 fully saturated rings. The van der Waals surface area contributed by atoms with Gasteiger partial charge < -0.3 is 10.5 Å². The van der Waals surface area contributed by atoms with Gasteiger partial charge in [0.15, 0.2) is 0 Å². The molecular formula is C18H29NO. The number of hydrogen-bond acceptors (Lipinski definition) is 2. The molecule has 0 aromatic heterocycles. The van der Waals surface area contributed by atoms with Crippen molar-refractivity contribution >= 4 is 0 Å². The van der Waals surface area contributed by atoms with Crippen molar-refractivity contribution in [1.29, 1.82) is 0 Å². The van der Waals surface area contributed by atoms with Crippen molar-refractivity contribution in [3.8, 4) is 5.75 Å². The van der Waals surface area contributed by atoms with Crippen molar-refractivity contribution in [2.45, 2.75) is 71.9 Å². The first-order chi connectivity index (χ1) is 9.51. The van der Waals surface area contributed by atoms with Crippen LogP contribution in [0.1, 0.15) is 55.7 Å². The van der Waals surface area contributed by atoms with Gasteiger partial charge in [0.05, 0.1) is 0 Å². The Hall–Kier alpha value is -1.02. The van der Waals surface area contributed by atoms with E-state index in [0.717, 1.165) is 24.5 Å². The lowest BCUT2D eigenvalue weighted by Gasteiger charge is -2.34. The van der Waals surface area contributed by atoms with Gasteiger partial charge in [-0.2, -0.15) is 0 Å². The summed E-state index contributed by atoms with van der Waals surface area (Å²) >= 11 is 0. The fourth-order valence-corrected chi connectivity index (χ4v) is 3.33. The van der Waals surface area contributed by atoms with Crippen LogP contribution in [0.4, 0.5) is 0 Å². The van der Waals surface area contributed by atoms with Crippen LogP contribution < -0.4 is 10.5 Å². The summed E-state index contributed by atoms with van der Waals surface area (Å²) in [7, 11) is 0. The second-order valence-electron chi connectivity index (χ2n) is 6.49. The summed E-state index contributed by atoms with van der Waals surface area (Å²) in [5.41, 5.74) is 10.1. The zero-order chi connectivity index (χ0) is 14.7. The van der Waals surface area contributed by atoms with E-state index < -0.39 is 0 Å². The molecule has 2 heteroatoms. The number of rotatable bonds is 4. The minimum Gasteiger partial charge on any atom is -0.489 e. The van der Waals surface area contributed by atoms with E-state index in [1.54, 1.807) is 0 Å². The number of hydrogen-bond donors (Lipinski definition) is 1. The van der Waals surface area contributed by atoms with E-state index in [1.807, 2.05) is 0 Å². The first kappa shape index (κ1) is 15.4. The maximum absolute atomic E-state index is 6.31. The molecule has 1 saturated carbocycles. The second-order valence-corrected chi connectivity index (χ2v) is 6.49. The average molecular weight is 275 g/mol. The Balaban J connectivity index is 2.11. The van der Waals surface area contributed by atoms with Gasteiger partial charge >= 0.3 is 0 Å². The van der Waals surface area contributed by atoms with Crippen molar-refractivity contribution < 1.29 is 4.74 Å². The van der Waals surface area contributed by atoms with E-state index in [4.69, 9.17) is 10.5 Å². The summed E-state index contributed by atoms with van der Waals surface area (Å²) in [4.78, 5) is 0. The molecule has 2 nitrogen and oxygen atoms in total. The lowest BCUT2D eigenvalue weighted by Crippen LogP contribution is -2.44. The fourth-order valence-electron chi connectivity index (χ4n) is 3.33. The molecule has 0 aliphatic heterocycles. The Morgan fingerprint density at radius 1 is 1.20 bits per heavy atom. The van der Waals surface area contributed by atoms with Crippen molar-refractivity contribution in [1.82, 2.24) is 0 Å². The maximum atomic E-state index is 6.31. The Morgan fingerprint density at radius 2 is 1.95 bits per heavy atom. The Morgan fingerprint density at radius 3 is 2.65 bits per heavy atom. The number of nitrogens with two attached hydrogens (primary N) is 1. The molecule has 20 heavy (non-hydrogen) atoms. The van der Waals surface area contributed by atoms with E-state index in [1.165, 1.54) is 36.0 Å². The van der Waals surface area contributed by atoms with Crippen molar-refractivity contribution in [3.05, 3.63) is 28.8 Å². The summed E-state index contributed by atoms with van der Waals surface area (Å²) < 4.78 is 6.31. The standard InChI is InChI=1S/C18H29NO/c1-5-6-15-7-8-16(19)18(11-15)20-17-10-12(2)9-13(3)14(17)4/h9-10,15-16,18H,5-8,11,19H2,1-4H3. The van der Waals surface area contributed by atoms with Crippen molar-refractivity contribution in [3.63, 3.8) is 0 Å². The monoisotopic (exact) mass is 275 g/mol. The molecule has 1 aromatic rings. The van der Waals surface area contributed by atoms with Gasteiger partial charge in [-0.1, -0.05) is 25.8 Å². The van der Waals surface area contributed by atoms with Crippen LogP contribution in [0.3, 0.4) is 0 Å². The van der Waals surface area contributed by atoms with Crippen LogP contribution in [-0.4, -0.2) is 12.1 Å². The number of benzene rings is 1. The Bertz CT molecular complexity index is 455. The third kappa shape index (κ3) is 3.54. The Kier molecular flexibility index (Phi) is 5.09. The largest absolute Gasteiger partial charge is 0.489 e. The lowest BCUT2D eigenvalue weighted by molar-refractivity contribution is 0.0985. The highest BCUT2D eigenvalue weighted by Crippen LogP contribution is 2.32. The smallest absolute Gasteiger partial charge is 0.123 e. The first-order valence-corrected chi connectivity index (χ1v) is 8.01. The third-order valence-corrected chi connectivity index (χ3v) is 4.69. The van der Waals surface area contributed by atoms with Gasteiger partial charge in [0, 0.05) is 6.04 Å². The normalized spacial score (nSPS) is 26.6. The molecule has 0 bridgehead atoms. The zero-order valence-corrected chi connectivity index (χ0v) is 13.4. The van der Waals surface area contributed by atoms with E-state index in [2.05, 4.69) is 39.8 Å². The van der Waals surface area contributed by atoms with Crippen LogP contribution in [-0.2, 0) is 0 Å². The summed E-state index contributed by atoms with van der Waals surface area (Å²) in [5.74, 6) is 1.82. The van der Waals surface area contributed by atoms with E-state index in [0.29, 0.717) is 0 Å². The Labute approximate surface area is 123 Å². The van der Waals surface area contributed by atoms with Crippen LogP contribution in [0.15, 0.2) is 12.1 Å². The van der Waals surface area contributed by atoms with Gasteiger partial charge in [-0.15, -0.1) is 0 Å². The summed E-state index contributed by atoms with van der Waals surface area (Å²) in [6, 6.07) is 4.55. The van der Waals surface area contributed by atoms with Crippen LogP contribution in [0, 0.1) is 26.7 Å². The fraction of sp³-hybridized carbons (Fsp3) is 0.667. The van der Waals surface area contributed by atoms with Crippen LogP contribution in [0.2, 0.25) is 0 Å². The molecule has 2 rings (SSSR count). The lowest BCUT2D eigenvalue weighted by atomic mass is 9.82. The number of aryl methyl sites for hydroxylation is 2. The van der Waals surface area contributed by atoms with Gasteiger partial charge in [-0.25, -0.2) is 0 Å². The molecule has 2 N–H and O–H groups in total. The van der Waals surface area contributed by atoms with Crippen LogP contribution in [0.5, 0.6) is 5.75 Å². The maximum Gasteiger partial charge on any atom is 0.123 e. The van der Waals surface area contributed by atoms with Crippen molar-refractivity contribution in [2.24, 2.45) is 11.7 Å². The minimum atomic E-state index is 0.181. The predicted octanol–water partition coefficient (Wildman–Crippen LogP) is 4.29. The molecule has 3 atom stereocenters. The molecule has 0 spiro atoms. The molecule has 3 unspecified atom stereocenters. The summed E-state index contributed by atoms with van der Waals surface area (Å²) in [6.45, 7) is 8.68. The van der Waals surface area contributed by atoms with Crippen LogP contribution in [0.25, 0.3) is 0 Å². The van der Waals surface area contributed by atoms with Gasteiger partial charge in [0.25, 0.3) is 0 Å². The molecule has 0 radical (unpaired) electrons. The van der Waals surface area contributed by atoms with E-state index >= 15 is 0 Å². The van der Waals surface area contributed by atoms with Gasteiger partial charge in [0.1, 0.15) is 11.9 Å². The van der Waals surface area contributed by atoms with E-state index in [-0.39, 0.29) is 12.1 Å². The zero-order valence-electron chi connectivity index (χ0n) is 13.4. The minimum absolute atomic E-state index is 0.181. The third-order valence-electron chi connectivity index (χ3n) is 4.69. The van der Waals surface area contributed by atoms with Crippen LogP contribution >= 0.6 is 0 Å². The molecule has 1 aliphatic carbocycles. The highest BCUT2D eigenvalue weighted by molar-refractivity contribution is 5.42. The molecule has 1 aromatic carbocycles. The number of ether oxygens (including phenoxy) is 1. The average Bonchev–Trinajstić information content (AvgIpc) is 2.39. The topological polar surface area (TPSA) is 35.2 Å². The summed E-state index contributed by atoms with van der Waals surface area (Å²) in [6.07, 6.45) is 6.22. The molecular weight excluding hydrogens is 246 g/mol. The van der Waals surface area contributed by atoms with Crippen molar-refractivity contribution in [2.75, 3.05) is 0 Å². The SMILES string of the molecule is CCCC1CCC(N)C(Oc2cc(C)cc(C)c2C)C1. The molecule has 112 valence electrons. The molecule has 0 amide bonds. The van der Waals surface area contributed by atoms with E-state index in [9.17, 15) is 0 Å². The molecule has 0 saturated heterocycles. The molecule has 0 heterocycles. The highest BCUT2D eigenvalue weighted by atomic mass is 16.5. The van der Waals surface area contributed by atoms with Gasteiger partial charge in [-0.05, 0) is 68.7 Å². The van der Waals surface area contributed by atoms with Gasteiger partial charge in [0.2, 0.25) is 0 Å². The first-order valence-electron chi connectivity index (χ1n) is 8.01. The quantitative estimate of drug-likeness (QED) is 0.889. The predicted molar refractivity (Wildman–Crippen MR) is 85.3 cm³/mol. The summed E-state index contributed by atoms with van der Waals surface area (Å²) in [5, 5.41) is 0. The highest BCUT2D eigenvalue weighted by Gasteiger charge is 2.29. The van der Waals surface area contributed by atoms with Gasteiger partial charge in [-0.3, -0.25) is 0 Å².